The maximum absolute atomic E-state index is 11.7. The standard InChI is InChI=1S/C10H13N5O4/c1-5-3-15(10(18)12-9(5)17)8-2-6(13-14-11)7(4-16)19-8/h3,6-8,16H,2,4H2,1H3,(H,12,17,18)/t6-,7+,8+/m1/s1. The van der Waals surface area contributed by atoms with Gasteiger partial charge in [-0.1, -0.05) is 5.11 Å². The van der Waals surface area contributed by atoms with E-state index in [1.807, 2.05) is 0 Å². The summed E-state index contributed by atoms with van der Waals surface area (Å²) >= 11 is 0. The number of azide groups is 1. The van der Waals surface area contributed by atoms with Crippen LogP contribution in [0.25, 0.3) is 10.4 Å². The summed E-state index contributed by atoms with van der Waals surface area (Å²) in [6, 6.07) is -0.542. The maximum atomic E-state index is 11.7. The van der Waals surface area contributed by atoms with Crippen LogP contribution in [0.15, 0.2) is 20.9 Å². The van der Waals surface area contributed by atoms with Gasteiger partial charge in [0.15, 0.2) is 0 Å². The number of nitrogens with one attached hydrogen (secondary N) is 1. The second kappa shape index (κ2) is 5.27. The van der Waals surface area contributed by atoms with Crippen LogP contribution in [0, 0.1) is 6.92 Å². The molecule has 0 bridgehead atoms. The van der Waals surface area contributed by atoms with E-state index in [0.717, 1.165) is 0 Å². The second-order valence-electron chi connectivity index (χ2n) is 4.30. The van der Waals surface area contributed by atoms with Crippen molar-refractivity contribution in [3.8, 4) is 0 Å². The van der Waals surface area contributed by atoms with Gasteiger partial charge in [0.25, 0.3) is 5.56 Å². The molecule has 9 heteroatoms. The van der Waals surface area contributed by atoms with Gasteiger partial charge in [0.1, 0.15) is 6.23 Å². The number of hydrogen-bond acceptors (Lipinski definition) is 5. The van der Waals surface area contributed by atoms with E-state index in [9.17, 15) is 9.59 Å². The Balaban J connectivity index is 2.34. The summed E-state index contributed by atoms with van der Waals surface area (Å²) < 4.78 is 6.69. The summed E-state index contributed by atoms with van der Waals surface area (Å²) in [4.78, 5) is 27.8. The molecule has 2 heterocycles. The molecule has 0 aromatic carbocycles. The van der Waals surface area contributed by atoms with Gasteiger partial charge in [-0.05, 0) is 12.5 Å². The molecular formula is C10H13N5O4. The van der Waals surface area contributed by atoms with Crippen molar-refractivity contribution in [3.63, 3.8) is 0 Å². The van der Waals surface area contributed by atoms with Crippen molar-refractivity contribution in [1.82, 2.24) is 9.55 Å². The largest absolute Gasteiger partial charge is 0.394 e. The number of aromatic amines is 1. The zero-order chi connectivity index (χ0) is 14.0. The molecule has 2 N–H and O–H groups in total. The Labute approximate surface area is 107 Å². The molecule has 1 aliphatic heterocycles. The first-order chi connectivity index (χ1) is 9.06. The Morgan fingerprint density at radius 2 is 2.42 bits per heavy atom. The summed E-state index contributed by atoms with van der Waals surface area (Å²) in [6.45, 7) is 1.26. The molecule has 1 fully saturated rings. The van der Waals surface area contributed by atoms with E-state index in [1.54, 1.807) is 6.92 Å². The van der Waals surface area contributed by atoms with E-state index in [-0.39, 0.29) is 13.0 Å². The van der Waals surface area contributed by atoms with Crippen molar-refractivity contribution >= 4 is 0 Å². The molecule has 0 amide bonds. The molecule has 0 spiro atoms. The molecule has 1 aromatic heterocycles. The van der Waals surface area contributed by atoms with Crippen molar-refractivity contribution < 1.29 is 9.84 Å². The normalized spacial score (nSPS) is 26.1. The lowest BCUT2D eigenvalue weighted by Crippen LogP contribution is -2.33. The third-order valence-electron chi connectivity index (χ3n) is 3.04. The van der Waals surface area contributed by atoms with Crippen molar-refractivity contribution in [2.75, 3.05) is 6.61 Å². The monoisotopic (exact) mass is 267 g/mol. The lowest BCUT2D eigenvalue weighted by Gasteiger charge is -2.14. The second-order valence-corrected chi connectivity index (χ2v) is 4.30. The van der Waals surface area contributed by atoms with Crippen LogP contribution in [0.2, 0.25) is 0 Å². The molecule has 9 nitrogen and oxygen atoms in total. The van der Waals surface area contributed by atoms with E-state index < -0.39 is 29.6 Å². The summed E-state index contributed by atoms with van der Waals surface area (Å²) in [5.74, 6) is 0. The molecule has 0 saturated carbocycles. The molecule has 2 rings (SSSR count). The zero-order valence-corrected chi connectivity index (χ0v) is 10.2. The number of H-pyrrole nitrogens is 1. The topological polar surface area (TPSA) is 133 Å². The van der Waals surface area contributed by atoms with E-state index in [4.69, 9.17) is 15.4 Å². The first-order valence-corrected chi connectivity index (χ1v) is 5.69. The molecule has 3 atom stereocenters. The SMILES string of the molecule is Cc1cn([C@@H]2C[C@@H](N=[N+]=[N-])[C@H](CO)O2)c(=O)[nH]c1=O. The Bertz CT molecular complexity index is 630. The third-order valence-corrected chi connectivity index (χ3v) is 3.04. The molecule has 0 radical (unpaired) electrons. The van der Waals surface area contributed by atoms with Crippen LogP contribution in [0.1, 0.15) is 18.2 Å². The average Bonchev–Trinajstić information content (AvgIpc) is 2.77. The average molecular weight is 267 g/mol. The first-order valence-electron chi connectivity index (χ1n) is 5.69. The lowest BCUT2D eigenvalue weighted by atomic mass is 10.1. The fourth-order valence-electron chi connectivity index (χ4n) is 2.04. The fraction of sp³-hybridized carbons (Fsp3) is 0.600. The number of hydrogen-bond donors (Lipinski definition) is 2. The molecule has 0 unspecified atom stereocenters. The summed E-state index contributed by atoms with van der Waals surface area (Å²) in [6.07, 6.45) is 0.329. The van der Waals surface area contributed by atoms with Gasteiger partial charge < -0.3 is 9.84 Å². The number of aromatic nitrogens is 2. The van der Waals surface area contributed by atoms with Gasteiger partial charge in [0, 0.05) is 23.1 Å². The molecule has 0 aliphatic carbocycles. The van der Waals surface area contributed by atoms with Gasteiger partial charge in [0.2, 0.25) is 0 Å². The molecule has 1 aliphatic rings. The predicted octanol–water partition coefficient (Wildman–Crippen LogP) is -0.196. The summed E-state index contributed by atoms with van der Waals surface area (Å²) in [5, 5.41) is 12.7. The summed E-state index contributed by atoms with van der Waals surface area (Å²) in [5.41, 5.74) is 7.76. The molecule has 1 saturated heterocycles. The lowest BCUT2D eigenvalue weighted by molar-refractivity contribution is -0.0271. The number of aryl methyl sites for hydroxylation is 1. The van der Waals surface area contributed by atoms with Crippen LogP contribution in [-0.2, 0) is 4.74 Å². The highest BCUT2D eigenvalue weighted by atomic mass is 16.5. The zero-order valence-electron chi connectivity index (χ0n) is 10.2. The van der Waals surface area contributed by atoms with Gasteiger partial charge in [-0.3, -0.25) is 14.3 Å². The number of rotatable bonds is 3. The first kappa shape index (κ1) is 13.3. The minimum Gasteiger partial charge on any atom is -0.394 e. The fourth-order valence-corrected chi connectivity index (χ4v) is 2.04. The van der Waals surface area contributed by atoms with Crippen LogP contribution in [0.4, 0.5) is 0 Å². The number of aliphatic hydroxyl groups excluding tert-OH is 1. The van der Waals surface area contributed by atoms with Gasteiger partial charge in [-0.15, -0.1) is 0 Å². The highest BCUT2D eigenvalue weighted by molar-refractivity contribution is 5.02. The summed E-state index contributed by atoms with van der Waals surface area (Å²) in [7, 11) is 0. The highest BCUT2D eigenvalue weighted by Gasteiger charge is 2.35. The molecule has 1 aromatic rings. The van der Waals surface area contributed by atoms with Crippen molar-refractivity contribution in [1.29, 1.82) is 0 Å². The van der Waals surface area contributed by atoms with Crippen LogP contribution in [-0.4, -0.2) is 33.4 Å². The van der Waals surface area contributed by atoms with Crippen LogP contribution < -0.4 is 11.2 Å². The Hall–Kier alpha value is -2.09. The van der Waals surface area contributed by atoms with E-state index in [0.29, 0.717) is 5.56 Å². The predicted molar refractivity (Wildman–Crippen MR) is 64.6 cm³/mol. The van der Waals surface area contributed by atoms with Crippen molar-refractivity contribution in [2.45, 2.75) is 31.7 Å². The number of aliphatic hydroxyl groups is 1. The minimum atomic E-state index is -0.671. The number of nitrogens with zero attached hydrogens (tertiary/aromatic N) is 4. The van der Waals surface area contributed by atoms with Gasteiger partial charge in [0.05, 0.1) is 18.8 Å². The number of ether oxygens (including phenoxy) is 1. The smallest absolute Gasteiger partial charge is 0.330 e. The van der Waals surface area contributed by atoms with E-state index >= 15 is 0 Å². The quantitative estimate of drug-likeness (QED) is 0.445. The Kier molecular flexibility index (Phi) is 3.70. The van der Waals surface area contributed by atoms with E-state index in [1.165, 1.54) is 10.8 Å². The molecular weight excluding hydrogens is 254 g/mol. The van der Waals surface area contributed by atoms with Gasteiger partial charge in [-0.25, -0.2) is 4.79 Å². The third kappa shape index (κ3) is 2.53. The van der Waals surface area contributed by atoms with Crippen molar-refractivity contribution in [3.05, 3.63) is 43.0 Å². The Morgan fingerprint density at radius 3 is 3.05 bits per heavy atom. The van der Waals surface area contributed by atoms with E-state index in [2.05, 4.69) is 15.0 Å². The minimum absolute atomic E-state index is 0.265. The molecule has 19 heavy (non-hydrogen) atoms. The highest BCUT2D eigenvalue weighted by Crippen LogP contribution is 2.29. The van der Waals surface area contributed by atoms with Crippen LogP contribution >= 0.6 is 0 Å². The van der Waals surface area contributed by atoms with Crippen molar-refractivity contribution in [2.24, 2.45) is 5.11 Å². The van der Waals surface area contributed by atoms with Crippen LogP contribution in [0.3, 0.4) is 0 Å². The van der Waals surface area contributed by atoms with Gasteiger partial charge >= 0.3 is 5.69 Å². The molecule has 102 valence electrons. The van der Waals surface area contributed by atoms with Crippen LogP contribution in [0.5, 0.6) is 0 Å². The van der Waals surface area contributed by atoms with Gasteiger partial charge in [-0.2, -0.15) is 0 Å². The maximum Gasteiger partial charge on any atom is 0.330 e. The Morgan fingerprint density at radius 1 is 1.68 bits per heavy atom.